The Morgan fingerprint density at radius 1 is 1.36 bits per heavy atom. The number of pyridine rings is 1. The number of rotatable bonds is 3. The molecule has 0 saturated heterocycles. The van der Waals surface area contributed by atoms with Crippen LogP contribution < -0.4 is 5.56 Å². The van der Waals surface area contributed by atoms with E-state index in [1.54, 1.807) is 6.07 Å². The topological polar surface area (TPSA) is 42.2 Å². The fourth-order valence-corrected chi connectivity index (χ4v) is 2.11. The van der Waals surface area contributed by atoms with E-state index in [1.807, 2.05) is 10.6 Å². The molecular weight excluding hydrogens is 178 g/mol. The molecule has 0 amide bonds. The van der Waals surface area contributed by atoms with Gasteiger partial charge in [-0.2, -0.15) is 0 Å². The summed E-state index contributed by atoms with van der Waals surface area (Å²) in [6.45, 7) is 0.800. The van der Waals surface area contributed by atoms with Crippen molar-refractivity contribution in [3.8, 4) is 0 Å². The SMILES string of the molecule is O=c1ccc2c(n1CCCO)CCC2. The van der Waals surface area contributed by atoms with Crippen LogP contribution in [0.15, 0.2) is 16.9 Å². The Labute approximate surface area is 83.0 Å². The zero-order valence-corrected chi connectivity index (χ0v) is 8.20. The molecule has 0 spiro atoms. The molecule has 1 aromatic heterocycles. The summed E-state index contributed by atoms with van der Waals surface area (Å²) >= 11 is 0. The van der Waals surface area contributed by atoms with Crippen molar-refractivity contribution in [3.63, 3.8) is 0 Å². The van der Waals surface area contributed by atoms with Crippen LogP contribution in [0.1, 0.15) is 24.1 Å². The zero-order valence-electron chi connectivity index (χ0n) is 8.20. The lowest BCUT2D eigenvalue weighted by Crippen LogP contribution is -2.23. The average Bonchev–Trinajstić information content (AvgIpc) is 2.64. The molecule has 76 valence electrons. The van der Waals surface area contributed by atoms with Gasteiger partial charge in [-0.3, -0.25) is 4.79 Å². The summed E-state index contributed by atoms with van der Waals surface area (Å²) in [4.78, 5) is 11.6. The first-order valence-corrected chi connectivity index (χ1v) is 5.15. The van der Waals surface area contributed by atoms with Gasteiger partial charge in [0.1, 0.15) is 0 Å². The van der Waals surface area contributed by atoms with Crippen LogP contribution in [0, 0.1) is 0 Å². The zero-order chi connectivity index (χ0) is 9.97. The van der Waals surface area contributed by atoms with E-state index in [-0.39, 0.29) is 12.2 Å². The summed E-state index contributed by atoms with van der Waals surface area (Å²) in [6, 6.07) is 3.58. The van der Waals surface area contributed by atoms with Crippen molar-refractivity contribution in [2.24, 2.45) is 0 Å². The minimum atomic E-state index is 0.0686. The third-order valence-corrected chi connectivity index (χ3v) is 2.79. The van der Waals surface area contributed by atoms with Crippen molar-refractivity contribution in [2.45, 2.75) is 32.2 Å². The molecule has 0 unspecified atom stereocenters. The second kappa shape index (κ2) is 3.96. The molecule has 0 bridgehead atoms. The van der Waals surface area contributed by atoms with E-state index in [0.29, 0.717) is 13.0 Å². The Bertz CT molecular complexity index is 381. The number of aromatic nitrogens is 1. The molecule has 0 fully saturated rings. The first-order chi connectivity index (χ1) is 6.83. The first-order valence-electron chi connectivity index (χ1n) is 5.15. The van der Waals surface area contributed by atoms with E-state index in [9.17, 15) is 4.79 Å². The third-order valence-electron chi connectivity index (χ3n) is 2.79. The molecule has 1 N–H and O–H groups in total. The van der Waals surface area contributed by atoms with Crippen LogP contribution in [0.3, 0.4) is 0 Å². The highest BCUT2D eigenvalue weighted by atomic mass is 16.3. The van der Waals surface area contributed by atoms with Gasteiger partial charge in [-0.1, -0.05) is 6.07 Å². The highest BCUT2D eigenvalue weighted by molar-refractivity contribution is 5.25. The highest BCUT2D eigenvalue weighted by Gasteiger charge is 2.14. The Morgan fingerprint density at radius 2 is 2.21 bits per heavy atom. The van der Waals surface area contributed by atoms with E-state index in [1.165, 1.54) is 11.3 Å². The molecule has 1 heterocycles. The van der Waals surface area contributed by atoms with Crippen LogP contribution in [-0.2, 0) is 19.4 Å². The smallest absolute Gasteiger partial charge is 0.250 e. The van der Waals surface area contributed by atoms with Crippen molar-refractivity contribution in [1.82, 2.24) is 4.57 Å². The van der Waals surface area contributed by atoms with Gasteiger partial charge in [-0.15, -0.1) is 0 Å². The first kappa shape index (κ1) is 9.46. The van der Waals surface area contributed by atoms with Gasteiger partial charge in [0.15, 0.2) is 0 Å². The van der Waals surface area contributed by atoms with Crippen LogP contribution in [0.4, 0.5) is 0 Å². The van der Waals surface area contributed by atoms with Crippen molar-refractivity contribution >= 4 is 0 Å². The Hall–Kier alpha value is -1.09. The molecule has 14 heavy (non-hydrogen) atoms. The van der Waals surface area contributed by atoms with Crippen LogP contribution >= 0.6 is 0 Å². The van der Waals surface area contributed by atoms with E-state index >= 15 is 0 Å². The lowest BCUT2D eigenvalue weighted by molar-refractivity contribution is 0.278. The summed E-state index contributed by atoms with van der Waals surface area (Å²) in [6.07, 6.45) is 3.92. The van der Waals surface area contributed by atoms with E-state index < -0.39 is 0 Å². The molecule has 2 rings (SSSR count). The van der Waals surface area contributed by atoms with Crippen LogP contribution in [-0.4, -0.2) is 16.3 Å². The Morgan fingerprint density at radius 3 is 3.00 bits per heavy atom. The fraction of sp³-hybridized carbons (Fsp3) is 0.545. The maximum absolute atomic E-state index is 11.6. The standard InChI is InChI=1S/C11H15NO2/c13-8-2-7-12-10-4-1-3-9(10)5-6-11(12)14/h5-6,13H,1-4,7-8H2. The minimum Gasteiger partial charge on any atom is -0.396 e. The van der Waals surface area contributed by atoms with Gasteiger partial charge >= 0.3 is 0 Å². The maximum Gasteiger partial charge on any atom is 0.250 e. The van der Waals surface area contributed by atoms with E-state index in [4.69, 9.17) is 5.11 Å². The lowest BCUT2D eigenvalue weighted by Gasteiger charge is -2.10. The van der Waals surface area contributed by atoms with Gasteiger partial charge in [0.25, 0.3) is 5.56 Å². The predicted molar refractivity (Wildman–Crippen MR) is 54.4 cm³/mol. The number of aliphatic hydroxyl groups excluding tert-OH is 1. The van der Waals surface area contributed by atoms with E-state index in [0.717, 1.165) is 19.3 Å². The van der Waals surface area contributed by atoms with Crippen molar-refractivity contribution in [3.05, 3.63) is 33.7 Å². The summed E-state index contributed by atoms with van der Waals surface area (Å²) in [5.74, 6) is 0. The normalized spacial score (nSPS) is 14.4. The average molecular weight is 193 g/mol. The van der Waals surface area contributed by atoms with Crippen molar-refractivity contribution in [2.75, 3.05) is 6.61 Å². The molecule has 0 atom stereocenters. The van der Waals surface area contributed by atoms with Gasteiger partial charge in [-0.25, -0.2) is 0 Å². The number of fused-ring (bicyclic) bond motifs is 1. The van der Waals surface area contributed by atoms with Crippen LogP contribution in [0.2, 0.25) is 0 Å². The second-order valence-electron chi connectivity index (χ2n) is 3.73. The molecule has 0 aliphatic heterocycles. The van der Waals surface area contributed by atoms with Gasteiger partial charge in [0.05, 0.1) is 0 Å². The maximum atomic E-state index is 11.6. The quantitative estimate of drug-likeness (QED) is 0.768. The molecule has 3 heteroatoms. The molecule has 1 aromatic rings. The molecule has 0 aromatic carbocycles. The summed E-state index contributed by atoms with van der Waals surface area (Å²) in [5.41, 5.74) is 2.56. The molecule has 3 nitrogen and oxygen atoms in total. The summed E-state index contributed by atoms with van der Waals surface area (Å²) < 4.78 is 1.82. The van der Waals surface area contributed by atoms with Crippen LogP contribution in [0.5, 0.6) is 0 Å². The molecule has 1 aliphatic carbocycles. The third kappa shape index (κ3) is 1.60. The molecular formula is C11H15NO2. The molecule has 0 saturated carbocycles. The number of aryl methyl sites for hydroxylation is 1. The second-order valence-corrected chi connectivity index (χ2v) is 3.73. The highest BCUT2D eigenvalue weighted by Crippen LogP contribution is 2.19. The minimum absolute atomic E-state index is 0.0686. The molecule has 0 radical (unpaired) electrons. The molecule has 1 aliphatic rings. The monoisotopic (exact) mass is 193 g/mol. The number of hydrogen-bond donors (Lipinski definition) is 1. The van der Waals surface area contributed by atoms with Gasteiger partial charge < -0.3 is 9.67 Å². The largest absolute Gasteiger partial charge is 0.396 e. The fourth-order valence-electron chi connectivity index (χ4n) is 2.11. The van der Waals surface area contributed by atoms with Gasteiger partial charge in [0.2, 0.25) is 0 Å². The number of nitrogens with zero attached hydrogens (tertiary/aromatic N) is 1. The number of hydrogen-bond acceptors (Lipinski definition) is 2. The predicted octanol–water partition coefficient (Wildman–Crippen LogP) is 0.719. The lowest BCUT2D eigenvalue weighted by atomic mass is 10.2. The van der Waals surface area contributed by atoms with Crippen molar-refractivity contribution < 1.29 is 5.11 Å². The van der Waals surface area contributed by atoms with Crippen molar-refractivity contribution in [1.29, 1.82) is 0 Å². The van der Waals surface area contributed by atoms with E-state index in [2.05, 4.69) is 0 Å². The summed E-state index contributed by atoms with van der Waals surface area (Å²) in [5, 5.41) is 8.75. The Kier molecular flexibility index (Phi) is 2.68. The summed E-state index contributed by atoms with van der Waals surface area (Å²) in [7, 11) is 0. The van der Waals surface area contributed by atoms with Crippen LogP contribution in [0.25, 0.3) is 0 Å². The van der Waals surface area contributed by atoms with Gasteiger partial charge in [-0.05, 0) is 31.2 Å². The Balaban J connectivity index is 2.36. The van der Waals surface area contributed by atoms with Gasteiger partial charge in [0, 0.05) is 24.9 Å². The number of aliphatic hydroxyl groups is 1.